The van der Waals surface area contributed by atoms with Gasteiger partial charge < -0.3 is 14.6 Å². The van der Waals surface area contributed by atoms with Crippen molar-refractivity contribution >= 4 is 0 Å². The zero-order valence-electron chi connectivity index (χ0n) is 12.9. The fraction of sp³-hybridized carbons (Fsp3) is 0.688. The van der Waals surface area contributed by atoms with Crippen LogP contribution in [0.25, 0.3) is 0 Å². The van der Waals surface area contributed by atoms with Crippen molar-refractivity contribution in [2.24, 2.45) is 0 Å². The average Bonchev–Trinajstić information content (AvgIpc) is 2.42. The predicted octanol–water partition coefficient (Wildman–Crippen LogP) is 2.57. The van der Waals surface area contributed by atoms with Crippen molar-refractivity contribution in [1.29, 1.82) is 0 Å². The Morgan fingerprint density at radius 3 is 2.90 bits per heavy atom. The first-order valence-electron chi connectivity index (χ1n) is 7.32. The number of aromatic nitrogens is 1. The van der Waals surface area contributed by atoms with Crippen LogP contribution in [0.15, 0.2) is 6.20 Å². The smallest absolute Gasteiger partial charge is 0.128 e. The van der Waals surface area contributed by atoms with Gasteiger partial charge >= 0.3 is 0 Å². The van der Waals surface area contributed by atoms with Gasteiger partial charge in [0.25, 0.3) is 0 Å². The number of rotatable bonds is 4. The molecule has 2 atom stereocenters. The molecule has 1 saturated heterocycles. The molecule has 0 radical (unpaired) electrons. The van der Waals surface area contributed by atoms with Gasteiger partial charge in [-0.3, -0.25) is 4.98 Å². The van der Waals surface area contributed by atoms with Crippen molar-refractivity contribution < 1.29 is 14.6 Å². The topological polar surface area (TPSA) is 51.6 Å². The zero-order chi connectivity index (χ0) is 14.8. The van der Waals surface area contributed by atoms with E-state index in [4.69, 9.17) is 9.47 Å². The van der Waals surface area contributed by atoms with E-state index in [-0.39, 0.29) is 6.10 Å². The van der Waals surface area contributed by atoms with Crippen LogP contribution in [-0.4, -0.2) is 35.5 Å². The lowest BCUT2D eigenvalue weighted by molar-refractivity contribution is -0.103. The van der Waals surface area contributed by atoms with Crippen LogP contribution in [0.3, 0.4) is 0 Å². The Morgan fingerprint density at radius 1 is 1.50 bits per heavy atom. The summed E-state index contributed by atoms with van der Waals surface area (Å²) in [6.45, 7) is 6.71. The number of hydrogen-bond acceptors (Lipinski definition) is 4. The van der Waals surface area contributed by atoms with Gasteiger partial charge in [0, 0.05) is 42.5 Å². The Balaban J connectivity index is 2.21. The van der Waals surface area contributed by atoms with E-state index >= 15 is 0 Å². The molecule has 1 fully saturated rings. The molecular formula is C16H25NO3. The van der Waals surface area contributed by atoms with Crippen LogP contribution in [0.4, 0.5) is 0 Å². The number of methoxy groups -OCH3 is 1. The summed E-state index contributed by atoms with van der Waals surface area (Å²) in [6, 6.07) is 0. The highest BCUT2D eigenvalue weighted by Crippen LogP contribution is 2.32. The van der Waals surface area contributed by atoms with Crippen LogP contribution in [-0.2, 0) is 11.2 Å². The Labute approximate surface area is 121 Å². The molecule has 0 aromatic carbocycles. The summed E-state index contributed by atoms with van der Waals surface area (Å²) >= 11 is 0. The van der Waals surface area contributed by atoms with E-state index in [1.165, 1.54) is 0 Å². The summed E-state index contributed by atoms with van der Waals surface area (Å²) in [7, 11) is 1.68. The number of aryl methyl sites for hydroxylation is 1. The van der Waals surface area contributed by atoms with Crippen molar-refractivity contribution in [3.05, 3.63) is 23.0 Å². The second-order valence-electron chi connectivity index (χ2n) is 5.80. The quantitative estimate of drug-likeness (QED) is 0.920. The molecule has 20 heavy (non-hydrogen) atoms. The summed E-state index contributed by atoms with van der Waals surface area (Å²) in [4.78, 5) is 4.50. The molecular weight excluding hydrogens is 254 g/mol. The lowest BCUT2D eigenvalue weighted by Gasteiger charge is -2.36. The first kappa shape index (κ1) is 15.3. The van der Waals surface area contributed by atoms with Gasteiger partial charge in [-0.1, -0.05) is 6.92 Å². The average molecular weight is 279 g/mol. The minimum atomic E-state index is -0.711. The molecule has 1 N–H and O–H groups in total. The van der Waals surface area contributed by atoms with Crippen LogP contribution in [0.5, 0.6) is 5.75 Å². The second kappa shape index (κ2) is 6.10. The standard InChI is InChI=1S/C16H25NO3/c1-5-13-8-16(18,6-7-20-13)9-14-12(3)15(19-4)11(2)10-17-14/h10,13,18H,5-9H2,1-4H3. The van der Waals surface area contributed by atoms with Crippen molar-refractivity contribution in [2.45, 2.75) is 58.2 Å². The van der Waals surface area contributed by atoms with E-state index in [9.17, 15) is 5.11 Å². The normalized spacial score (nSPS) is 26.6. The molecule has 0 aliphatic carbocycles. The number of pyridine rings is 1. The first-order chi connectivity index (χ1) is 9.49. The minimum absolute atomic E-state index is 0.154. The second-order valence-corrected chi connectivity index (χ2v) is 5.80. The van der Waals surface area contributed by atoms with Gasteiger partial charge in [-0.2, -0.15) is 0 Å². The van der Waals surface area contributed by atoms with Crippen LogP contribution in [0.1, 0.15) is 43.0 Å². The third-order valence-corrected chi connectivity index (χ3v) is 4.23. The lowest BCUT2D eigenvalue weighted by atomic mass is 9.84. The predicted molar refractivity (Wildman–Crippen MR) is 78.2 cm³/mol. The SMILES string of the molecule is CCC1CC(O)(Cc2ncc(C)c(OC)c2C)CCO1. The zero-order valence-corrected chi connectivity index (χ0v) is 12.9. The monoisotopic (exact) mass is 279 g/mol. The number of ether oxygens (including phenoxy) is 2. The fourth-order valence-corrected chi connectivity index (χ4v) is 2.98. The molecule has 4 heteroatoms. The van der Waals surface area contributed by atoms with Gasteiger partial charge in [0.15, 0.2) is 0 Å². The molecule has 1 aromatic rings. The molecule has 2 rings (SSSR count). The van der Waals surface area contributed by atoms with E-state index in [0.717, 1.165) is 29.0 Å². The summed E-state index contributed by atoms with van der Waals surface area (Å²) in [6.07, 6.45) is 4.82. The Kier molecular flexibility index (Phi) is 4.66. The Morgan fingerprint density at radius 2 is 2.25 bits per heavy atom. The number of aliphatic hydroxyl groups is 1. The number of nitrogens with zero attached hydrogens (tertiary/aromatic N) is 1. The summed E-state index contributed by atoms with van der Waals surface area (Å²) in [5.41, 5.74) is 2.27. The van der Waals surface area contributed by atoms with Crippen molar-refractivity contribution in [1.82, 2.24) is 4.98 Å². The van der Waals surface area contributed by atoms with Gasteiger partial charge in [0.1, 0.15) is 5.75 Å². The van der Waals surface area contributed by atoms with E-state index in [1.54, 1.807) is 7.11 Å². The van der Waals surface area contributed by atoms with Gasteiger partial charge in [-0.05, 0) is 26.7 Å². The lowest BCUT2D eigenvalue weighted by Crippen LogP contribution is -2.42. The highest BCUT2D eigenvalue weighted by atomic mass is 16.5. The maximum Gasteiger partial charge on any atom is 0.128 e. The molecule has 0 spiro atoms. The molecule has 0 amide bonds. The van der Waals surface area contributed by atoms with E-state index in [2.05, 4.69) is 11.9 Å². The molecule has 1 aliphatic heterocycles. The third-order valence-electron chi connectivity index (χ3n) is 4.23. The molecule has 1 aromatic heterocycles. The van der Waals surface area contributed by atoms with Crippen LogP contribution >= 0.6 is 0 Å². The van der Waals surface area contributed by atoms with Gasteiger partial charge in [-0.15, -0.1) is 0 Å². The summed E-state index contributed by atoms with van der Waals surface area (Å²) in [5.74, 6) is 0.873. The van der Waals surface area contributed by atoms with Crippen LogP contribution < -0.4 is 4.74 Å². The summed E-state index contributed by atoms with van der Waals surface area (Å²) in [5, 5.41) is 10.8. The highest BCUT2D eigenvalue weighted by molar-refractivity contribution is 5.41. The van der Waals surface area contributed by atoms with Gasteiger partial charge in [-0.25, -0.2) is 0 Å². The third kappa shape index (κ3) is 3.13. The van der Waals surface area contributed by atoms with Gasteiger partial charge in [0.05, 0.1) is 18.8 Å². The summed E-state index contributed by atoms with van der Waals surface area (Å²) < 4.78 is 11.1. The number of hydrogen-bond donors (Lipinski definition) is 1. The first-order valence-corrected chi connectivity index (χ1v) is 7.32. The van der Waals surface area contributed by atoms with Crippen molar-refractivity contribution in [3.63, 3.8) is 0 Å². The van der Waals surface area contributed by atoms with E-state index in [0.29, 0.717) is 25.9 Å². The highest BCUT2D eigenvalue weighted by Gasteiger charge is 2.35. The minimum Gasteiger partial charge on any atom is -0.496 e. The Bertz CT molecular complexity index is 475. The van der Waals surface area contributed by atoms with Crippen LogP contribution in [0, 0.1) is 13.8 Å². The largest absolute Gasteiger partial charge is 0.496 e. The molecule has 0 saturated carbocycles. The van der Waals surface area contributed by atoms with Crippen molar-refractivity contribution in [2.75, 3.05) is 13.7 Å². The van der Waals surface area contributed by atoms with Gasteiger partial charge in [0.2, 0.25) is 0 Å². The van der Waals surface area contributed by atoms with Crippen LogP contribution in [0.2, 0.25) is 0 Å². The van der Waals surface area contributed by atoms with Crippen molar-refractivity contribution in [3.8, 4) is 5.75 Å². The molecule has 1 aliphatic rings. The molecule has 0 bridgehead atoms. The molecule has 112 valence electrons. The van der Waals surface area contributed by atoms with E-state index in [1.807, 2.05) is 20.0 Å². The van der Waals surface area contributed by atoms with E-state index < -0.39 is 5.60 Å². The molecule has 2 unspecified atom stereocenters. The molecule has 4 nitrogen and oxygen atoms in total. The maximum atomic E-state index is 10.8. The maximum absolute atomic E-state index is 10.8. The molecule has 2 heterocycles. The fourth-order valence-electron chi connectivity index (χ4n) is 2.98. The Hall–Kier alpha value is -1.13.